The highest BCUT2D eigenvalue weighted by atomic mass is 19.4. The maximum Gasteiger partial charge on any atom is 0.450 e. The predicted molar refractivity (Wildman–Crippen MR) is 66.4 cm³/mol. The molecule has 5 nitrogen and oxygen atoms in total. The third kappa shape index (κ3) is 3.03. The molecule has 0 aromatic heterocycles. The van der Waals surface area contributed by atoms with Gasteiger partial charge in [0.25, 0.3) is 0 Å². The standard InChI is InChI=1S/C13H10F6N2O3/c14-12(15,16)9(22)7-8(6-4-2-1-3-5-6)20-10(23)21-11(7,24)13(17,18)19/h1-5,7-8,24H,(H2,20,21,23)/t7-,8+,11-/m0/s1. The van der Waals surface area contributed by atoms with Crippen molar-refractivity contribution in [3.8, 4) is 0 Å². The highest BCUT2D eigenvalue weighted by Crippen LogP contribution is 2.45. The number of hydrogen-bond donors (Lipinski definition) is 3. The summed E-state index contributed by atoms with van der Waals surface area (Å²) in [6.07, 6.45) is -11.4. The number of rotatable bonds is 2. The zero-order valence-electron chi connectivity index (χ0n) is 11.6. The molecule has 0 radical (unpaired) electrons. The molecule has 1 aromatic carbocycles. The molecule has 3 atom stereocenters. The smallest absolute Gasteiger partial charge is 0.363 e. The van der Waals surface area contributed by atoms with E-state index in [0.717, 1.165) is 17.4 Å². The van der Waals surface area contributed by atoms with Gasteiger partial charge in [-0.05, 0) is 5.56 Å². The molecule has 3 N–H and O–H groups in total. The van der Waals surface area contributed by atoms with Crippen molar-refractivity contribution in [1.82, 2.24) is 10.6 Å². The minimum absolute atomic E-state index is 0.197. The Kier molecular flexibility index (Phi) is 4.25. The third-order valence-electron chi connectivity index (χ3n) is 3.53. The van der Waals surface area contributed by atoms with Crippen LogP contribution in [0.1, 0.15) is 11.6 Å². The van der Waals surface area contributed by atoms with E-state index >= 15 is 0 Å². The summed E-state index contributed by atoms with van der Waals surface area (Å²) in [4.78, 5) is 23.0. The van der Waals surface area contributed by atoms with Gasteiger partial charge in [-0.3, -0.25) is 4.79 Å². The van der Waals surface area contributed by atoms with Gasteiger partial charge < -0.3 is 15.7 Å². The van der Waals surface area contributed by atoms with Gasteiger partial charge in [-0.25, -0.2) is 4.79 Å². The maximum absolute atomic E-state index is 13.2. The summed E-state index contributed by atoms with van der Waals surface area (Å²) >= 11 is 0. The average molecular weight is 356 g/mol. The van der Waals surface area contributed by atoms with Crippen molar-refractivity contribution in [3.63, 3.8) is 0 Å². The van der Waals surface area contributed by atoms with Crippen LogP contribution in [0.25, 0.3) is 0 Å². The summed E-state index contributed by atoms with van der Waals surface area (Å²) in [7, 11) is 0. The zero-order valence-corrected chi connectivity index (χ0v) is 11.6. The molecule has 2 amide bonds. The largest absolute Gasteiger partial charge is 0.450 e. The van der Waals surface area contributed by atoms with Crippen LogP contribution < -0.4 is 10.6 Å². The number of aliphatic hydroxyl groups is 1. The van der Waals surface area contributed by atoms with E-state index in [0.29, 0.717) is 0 Å². The van der Waals surface area contributed by atoms with Gasteiger partial charge in [0.1, 0.15) is 5.92 Å². The number of nitrogens with one attached hydrogen (secondary N) is 2. The number of carbonyl (C=O) groups excluding carboxylic acids is 2. The van der Waals surface area contributed by atoms with Crippen LogP contribution in [0.3, 0.4) is 0 Å². The van der Waals surface area contributed by atoms with Crippen LogP contribution in [0, 0.1) is 5.92 Å². The first-order valence-electron chi connectivity index (χ1n) is 6.41. The summed E-state index contributed by atoms with van der Waals surface area (Å²) in [5.74, 6) is -5.87. The van der Waals surface area contributed by atoms with Crippen LogP contribution in [0.5, 0.6) is 0 Å². The molecule has 2 rings (SSSR count). The number of hydrogen-bond acceptors (Lipinski definition) is 3. The zero-order chi connectivity index (χ0) is 18.3. The molecule has 11 heteroatoms. The van der Waals surface area contributed by atoms with E-state index in [2.05, 4.69) is 0 Å². The molecule has 1 aliphatic heterocycles. The Labute approximate surface area is 130 Å². The SMILES string of the molecule is O=C1N[C@H](c2ccccc2)[C@@H](C(=O)C(F)(F)F)[C@](O)(C(F)(F)F)N1. The Morgan fingerprint density at radius 1 is 1.08 bits per heavy atom. The normalized spacial score (nSPS) is 28.0. The molecule has 0 aliphatic carbocycles. The molecule has 132 valence electrons. The van der Waals surface area contributed by atoms with E-state index in [-0.39, 0.29) is 5.56 Å². The van der Waals surface area contributed by atoms with Gasteiger partial charge in [0, 0.05) is 0 Å². The first-order valence-corrected chi connectivity index (χ1v) is 6.41. The van der Waals surface area contributed by atoms with Crippen LogP contribution in [0.15, 0.2) is 30.3 Å². The fourth-order valence-corrected chi connectivity index (χ4v) is 2.45. The summed E-state index contributed by atoms with van der Waals surface area (Å²) in [6, 6.07) is 2.70. The molecule has 1 heterocycles. The lowest BCUT2D eigenvalue weighted by molar-refractivity contribution is -0.295. The first-order chi connectivity index (χ1) is 10.9. The van der Waals surface area contributed by atoms with Gasteiger partial charge >= 0.3 is 18.4 Å². The highest BCUT2D eigenvalue weighted by molar-refractivity contribution is 5.91. The third-order valence-corrected chi connectivity index (χ3v) is 3.53. The Bertz CT molecular complexity index is 645. The lowest BCUT2D eigenvalue weighted by atomic mass is 9.79. The number of alkyl halides is 6. The molecular weight excluding hydrogens is 346 g/mol. The molecule has 0 unspecified atom stereocenters. The number of ketones is 1. The molecule has 1 saturated heterocycles. The Morgan fingerprint density at radius 2 is 1.62 bits per heavy atom. The van der Waals surface area contributed by atoms with Crippen molar-refractivity contribution < 1.29 is 41.0 Å². The molecule has 1 fully saturated rings. The molecule has 24 heavy (non-hydrogen) atoms. The minimum atomic E-state index is -5.72. The number of amides is 2. The van der Waals surface area contributed by atoms with Crippen LogP contribution in [0.2, 0.25) is 0 Å². The molecule has 0 saturated carbocycles. The Hall–Kier alpha value is -2.30. The lowest BCUT2D eigenvalue weighted by Crippen LogP contribution is -2.73. The van der Waals surface area contributed by atoms with Crippen molar-refractivity contribution >= 4 is 11.8 Å². The molecule has 0 spiro atoms. The monoisotopic (exact) mass is 356 g/mol. The molecule has 0 bridgehead atoms. The van der Waals surface area contributed by atoms with Gasteiger partial charge in [-0.15, -0.1) is 0 Å². The van der Waals surface area contributed by atoms with E-state index in [4.69, 9.17) is 0 Å². The summed E-state index contributed by atoms with van der Waals surface area (Å²) in [5.41, 5.74) is -4.57. The first kappa shape index (κ1) is 18.0. The maximum atomic E-state index is 13.2. The summed E-state index contributed by atoms with van der Waals surface area (Å²) in [5, 5.41) is 12.6. The second-order valence-corrected chi connectivity index (χ2v) is 5.09. The van der Waals surface area contributed by atoms with Gasteiger partial charge in [0.15, 0.2) is 0 Å². The molecule has 1 aromatic rings. The molecular formula is C13H10F6N2O3. The Morgan fingerprint density at radius 3 is 2.08 bits per heavy atom. The van der Waals surface area contributed by atoms with Crippen molar-refractivity contribution in [1.29, 1.82) is 0 Å². The van der Waals surface area contributed by atoms with Crippen molar-refractivity contribution in [2.45, 2.75) is 24.1 Å². The van der Waals surface area contributed by atoms with Gasteiger partial charge in [-0.2, -0.15) is 26.3 Å². The van der Waals surface area contributed by atoms with E-state index in [1.54, 1.807) is 0 Å². The number of halogens is 6. The fraction of sp³-hybridized carbons (Fsp3) is 0.385. The lowest BCUT2D eigenvalue weighted by Gasteiger charge is -2.45. The van der Waals surface area contributed by atoms with Crippen LogP contribution in [-0.2, 0) is 4.79 Å². The topological polar surface area (TPSA) is 78.4 Å². The van der Waals surface area contributed by atoms with E-state index in [1.165, 1.54) is 18.2 Å². The second kappa shape index (κ2) is 5.65. The number of carbonyl (C=O) groups is 2. The average Bonchev–Trinajstić information content (AvgIpc) is 2.44. The van der Waals surface area contributed by atoms with Crippen molar-refractivity contribution in [2.24, 2.45) is 5.92 Å². The van der Waals surface area contributed by atoms with Crippen LogP contribution in [0.4, 0.5) is 31.1 Å². The number of urea groups is 1. The quantitative estimate of drug-likeness (QED) is 0.710. The predicted octanol–water partition coefficient (Wildman–Crippen LogP) is 2.04. The van der Waals surface area contributed by atoms with Gasteiger partial charge in [0.05, 0.1) is 6.04 Å². The minimum Gasteiger partial charge on any atom is -0.363 e. The Balaban J connectivity index is 2.63. The van der Waals surface area contributed by atoms with Gasteiger partial charge in [0.2, 0.25) is 11.5 Å². The number of Topliss-reactive ketones (excluding diaryl/α,β-unsaturated/α-hetero) is 1. The van der Waals surface area contributed by atoms with Crippen LogP contribution >= 0.6 is 0 Å². The second-order valence-electron chi connectivity index (χ2n) is 5.09. The van der Waals surface area contributed by atoms with Crippen molar-refractivity contribution in [2.75, 3.05) is 0 Å². The van der Waals surface area contributed by atoms with E-state index < -0.39 is 41.9 Å². The fourth-order valence-electron chi connectivity index (χ4n) is 2.45. The highest BCUT2D eigenvalue weighted by Gasteiger charge is 2.69. The van der Waals surface area contributed by atoms with Crippen LogP contribution in [-0.4, -0.2) is 35.0 Å². The van der Waals surface area contributed by atoms with Gasteiger partial charge in [-0.1, -0.05) is 30.3 Å². The summed E-state index contributed by atoms with van der Waals surface area (Å²) in [6.45, 7) is 0. The number of benzene rings is 1. The molecule has 1 aliphatic rings. The van der Waals surface area contributed by atoms with E-state index in [1.807, 2.05) is 5.32 Å². The summed E-state index contributed by atoms with van der Waals surface area (Å²) < 4.78 is 77.9. The van der Waals surface area contributed by atoms with Crippen molar-refractivity contribution in [3.05, 3.63) is 35.9 Å². The van der Waals surface area contributed by atoms with E-state index in [9.17, 15) is 41.0 Å².